The van der Waals surface area contributed by atoms with Crippen molar-refractivity contribution in [2.45, 2.75) is 25.1 Å². The molecule has 1 aliphatic rings. The second-order valence-electron chi connectivity index (χ2n) is 4.57. The van der Waals surface area contributed by atoms with E-state index in [1.807, 2.05) is 0 Å². The fourth-order valence-electron chi connectivity index (χ4n) is 2.26. The molecule has 2 rings (SSSR count). The lowest BCUT2D eigenvalue weighted by molar-refractivity contribution is -0.141. The largest absolute Gasteiger partial charge is 0.480 e. The van der Waals surface area contributed by atoms with E-state index in [1.54, 1.807) is 0 Å². The zero-order chi connectivity index (χ0) is 14.9. The average Bonchev–Trinajstić information content (AvgIpc) is 2.86. The molecule has 0 aromatic heterocycles. The molecule has 0 aliphatic carbocycles. The van der Waals surface area contributed by atoms with Crippen LogP contribution in [0.15, 0.2) is 24.3 Å². The molecular formula is C13H12F3NO2S. The number of likely N-dealkylation sites (tertiary alicyclic amines) is 1. The number of hydrogen-bond donors (Lipinski definition) is 1. The molecule has 0 amide bonds. The van der Waals surface area contributed by atoms with Crippen LogP contribution in [0.5, 0.6) is 0 Å². The summed E-state index contributed by atoms with van der Waals surface area (Å²) < 4.78 is 38.0. The Morgan fingerprint density at radius 3 is 2.70 bits per heavy atom. The van der Waals surface area contributed by atoms with E-state index in [2.05, 4.69) is 0 Å². The monoisotopic (exact) mass is 303 g/mol. The Morgan fingerprint density at radius 2 is 2.10 bits per heavy atom. The number of rotatable bonds is 2. The third-order valence-electron chi connectivity index (χ3n) is 3.24. The van der Waals surface area contributed by atoms with Crippen LogP contribution < -0.4 is 0 Å². The third kappa shape index (κ3) is 2.92. The summed E-state index contributed by atoms with van der Waals surface area (Å²) in [6.07, 6.45) is -3.33. The van der Waals surface area contributed by atoms with Gasteiger partial charge in [-0.25, -0.2) is 4.79 Å². The molecule has 1 fully saturated rings. The van der Waals surface area contributed by atoms with Crippen molar-refractivity contribution in [3.05, 3.63) is 35.4 Å². The van der Waals surface area contributed by atoms with E-state index in [9.17, 15) is 18.0 Å². The predicted molar refractivity (Wildman–Crippen MR) is 70.5 cm³/mol. The van der Waals surface area contributed by atoms with Gasteiger partial charge >= 0.3 is 12.1 Å². The highest BCUT2D eigenvalue weighted by Gasteiger charge is 2.34. The van der Waals surface area contributed by atoms with Gasteiger partial charge in [0.15, 0.2) is 0 Å². The average molecular weight is 303 g/mol. The number of alkyl halides is 3. The topological polar surface area (TPSA) is 40.5 Å². The Morgan fingerprint density at radius 1 is 1.40 bits per heavy atom. The number of carboxylic acid groups (broad SMARTS) is 1. The van der Waals surface area contributed by atoms with E-state index in [0.29, 0.717) is 19.4 Å². The van der Waals surface area contributed by atoms with Gasteiger partial charge in [-0.05, 0) is 25.0 Å². The first-order valence-corrected chi connectivity index (χ1v) is 6.42. The van der Waals surface area contributed by atoms with Crippen LogP contribution in [0, 0.1) is 0 Å². The van der Waals surface area contributed by atoms with Crippen molar-refractivity contribution in [3.8, 4) is 0 Å². The number of hydrogen-bond acceptors (Lipinski definition) is 2. The Balaban J connectivity index is 2.28. The molecule has 1 atom stereocenters. The second kappa shape index (κ2) is 5.40. The molecule has 0 saturated carbocycles. The molecule has 108 valence electrons. The highest BCUT2D eigenvalue weighted by atomic mass is 32.1. The van der Waals surface area contributed by atoms with Gasteiger partial charge in [-0.15, -0.1) is 0 Å². The summed E-state index contributed by atoms with van der Waals surface area (Å²) in [5.74, 6) is -1.00. The summed E-state index contributed by atoms with van der Waals surface area (Å²) in [7, 11) is 0. The molecule has 1 N–H and O–H groups in total. The quantitative estimate of drug-likeness (QED) is 0.853. The van der Waals surface area contributed by atoms with Gasteiger partial charge in [0.1, 0.15) is 11.0 Å². The molecule has 1 aliphatic heterocycles. The number of aliphatic carboxylic acids is 1. The van der Waals surface area contributed by atoms with Crippen LogP contribution in [0.2, 0.25) is 0 Å². The molecule has 0 unspecified atom stereocenters. The lowest BCUT2D eigenvalue weighted by Gasteiger charge is -2.24. The van der Waals surface area contributed by atoms with Crippen LogP contribution in [-0.4, -0.2) is 33.6 Å². The van der Waals surface area contributed by atoms with Gasteiger partial charge < -0.3 is 10.0 Å². The number of halogens is 3. The van der Waals surface area contributed by atoms with E-state index in [0.717, 1.165) is 12.1 Å². The van der Waals surface area contributed by atoms with Gasteiger partial charge in [0.25, 0.3) is 0 Å². The van der Waals surface area contributed by atoms with Crippen LogP contribution in [-0.2, 0) is 11.0 Å². The lowest BCUT2D eigenvalue weighted by atomic mass is 10.1. The summed E-state index contributed by atoms with van der Waals surface area (Å²) in [6, 6.07) is 3.91. The summed E-state index contributed by atoms with van der Waals surface area (Å²) in [5, 5.41) is 9.08. The Labute approximate surface area is 119 Å². The Hall–Kier alpha value is -1.63. The van der Waals surface area contributed by atoms with Gasteiger partial charge in [0, 0.05) is 12.1 Å². The maximum atomic E-state index is 12.7. The number of thiocarbonyl (C=S) groups is 1. The molecule has 1 aromatic carbocycles. The Bertz CT molecular complexity index is 545. The molecule has 3 nitrogen and oxygen atoms in total. The van der Waals surface area contributed by atoms with E-state index in [-0.39, 0.29) is 10.6 Å². The normalized spacial score (nSPS) is 19.1. The van der Waals surface area contributed by atoms with Crippen LogP contribution in [0.3, 0.4) is 0 Å². The standard InChI is InChI=1S/C13H12F3NO2S/c14-13(15,16)9-4-1-3-8(7-9)11(20)17-6-2-5-10(17)12(18)19/h1,3-4,7,10H,2,5-6H2,(H,18,19)/t10-/m1/s1. The van der Waals surface area contributed by atoms with Crippen molar-refractivity contribution < 1.29 is 23.1 Å². The zero-order valence-corrected chi connectivity index (χ0v) is 11.2. The number of benzene rings is 1. The maximum Gasteiger partial charge on any atom is 0.416 e. The van der Waals surface area contributed by atoms with Gasteiger partial charge in [-0.3, -0.25) is 0 Å². The predicted octanol–water partition coefficient (Wildman–Crippen LogP) is 2.93. The van der Waals surface area contributed by atoms with E-state index in [4.69, 9.17) is 17.3 Å². The van der Waals surface area contributed by atoms with Gasteiger partial charge in [-0.1, -0.05) is 24.4 Å². The molecule has 0 radical (unpaired) electrons. The molecular weight excluding hydrogens is 291 g/mol. The van der Waals surface area contributed by atoms with Crippen LogP contribution in [0.25, 0.3) is 0 Å². The fraction of sp³-hybridized carbons (Fsp3) is 0.385. The van der Waals surface area contributed by atoms with Crippen molar-refractivity contribution >= 4 is 23.2 Å². The van der Waals surface area contributed by atoms with E-state index in [1.165, 1.54) is 17.0 Å². The molecule has 7 heteroatoms. The summed E-state index contributed by atoms with van der Waals surface area (Å²) >= 11 is 5.15. The minimum atomic E-state index is -4.44. The van der Waals surface area contributed by atoms with Crippen molar-refractivity contribution in [3.63, 3.8) is 0 Å². The van der Waals surface area contributed by atoms with Crippen LogP contribution in [0.1, 0.15) is 24.0 Å². The fourth-order valence-corrected chi connectivity index (χ4v) is 2.61. The number of carbonyl (C=O) groups is 1. The lowest BCUT2D eigenvalue weighted by Crippen LogP contribution is -2.39. The van der Waals surface area contributed by atoms with Crippen molar-refractivity contribution in [1.29, 1.82) is 0 Å². The smallest absolute Gasteiger partial charge is 0.416 e. The molecule has 0 spiro atoms. The van der Waals surface area contributed by atoms with Gasteiger partial charge in [-0.2, -0.15) is 13.2 Å². The third-order valence-corrected chi connectivity index (χ3v) is 3.71. The van der Waals surface area contributed by atoms with Crippen LogP contribution >= 0.6 is 12.2 Å². The molecule has 1 aromatic rings. The van der Waals surface area contributed by atoms with E-state index < -0.39 is 23.8 Å². The van der Waals surface area contributed by atoms with Crippen molar-refractivity contribution in [1.82, 2.24) is 4.90 Å². The SMILES string of the molecule is O=C(O)[C@H]1CCCN1C(=S)c1cccc(C(F)(F)F)c1. The first-order valence-electron chi connectivity index (χ1n) is 6.02. The highest BCUT2D eigenvalue weighted by Crippen LogP contribution is 2.30. The first kappa shape index (κ1) is 14.8. The zero-order valence-electron chi connectivity index (χ0n) is 10.4. The van der Waals surface area contributed by atoms with Gasteiger partial charge in [0.05, 0.1) is 5.56 Å². The molecule has 0 bridgehead atoms. The van der Waals surface area contributed by atoms with Gasteiger partial charge in [0.2, 0.25) is 0 Å². The minimum absolute atomic E-state index is 0.154. The molecule has 1 heterocycles. The summed E-state index contributed by atoms with van der Waals surface area (Å²) in [4.78, 5) is 12.7. The van der Waals surface area contributed by atoms with Crippen molar-refractivity contribution in [2.24, 2.45) is 0 Å². The number of nitrogens with zero attached hydrogens (tertiary/aromatic N) is 1. The second-order valence-corrected chi connectivity index (χ2v) is 4.96. The molecule has 20 heavy (non-hydrogen) atoms. The molecule has 1 saturated heterocycles. The first-order chi connectivity index (χ1) is 9.30. The maximum absolute atomic E-state index is 12.7. The van der Waals surface area contributed by atoms with Crippen LogP contribution in [0.4, 0.5) is 13.2 Å². The van der Waals surface area contributed by atoms with E-state index >= 15 is 0 Å². The minimum Gasteiger partial charge on any atom is -0.480 e. The van der Waals surface area contributed by atoms with Crippen molar-refractivity contribution in [2.75, 3.05) is 6.54 Å². The summed E-state index contributed by atoms with van der Waals surface area (Å²) in [6.45, 7) is 0.450. The number of carboxylic acids is 1. The highest BCUT2D eigenvalue weighted by molar-refractivity contribution is 7.80. The Kier molecular flexibility index (Phi) is 3.99. The summed E-state index contributed by atoms with van der Waals surface area (Å²) in [5.41, 5.74) is -0.564.